The van der Waals surface area contributed by atoms with E-state index in [4.69, 9.17) is 4.52 Å². The van der Waals surface area contributed by atoms with E-state index >= 15 is 0 Å². The summed E-state index contributed by atoms with van der Waals surface area (Å²) in [4.78, 5) is 24.6. The zero-order valence-electron chi connectivity index (χ0n) is 22.8. The predicted octanol–water partition coefficient (Wildman–Crippen LogP) is 3.27. The number of rotatable bonds is 6. The highest BCUT2D eigenvalue weighted by Gasteiger charge is 2.55. The molecule has 2 N–H and O–H groups in total. The van der Waals surface area contributed by atoms with E-state index in [1.54, 1.807) is 17.3 Å². The number of benzene rings is 1. The van der Waals surface area contributed by atoms with Gasteiger partial charge in [0.25, 0.3) is 5.89 Å². The van der Waals surface area contributed by atoms with Crippen molar-refractivity contribution in [1.29, 1.82) is 0 Å². The van der Waals surface area contributed by atoms with Crippen LogP contribution in [0.1, 0.15) is 69.0 Å². The summed E-state index contributed by atoms with van der Waals surface area (Å²) >= 11 is 0. The maximum atomic E-state index is 12.5. The minimum Gasteiger partial charge on any atom is -0.380 e. The molecular weight excluding hydrogens is 482 g/mol. The van der Waals surface area contributed by atoms with Gasteiger partial charge in [0.1, 0.15) is 5.60 Å². The number of piperidine rings is 1. The van der Waals surface area contributed by atoms with E-state index in [2.05, 4.69) is 52.9 Å². The average Bonchev–Trinajstić information content (AvgIpc) is 3.39. The molecule has 2 aromatic heterocycles. The quantitative estimate of drug-likeness (QED) is 0.510. The van der Waals surface area contributed by atoms with Crippen LogP contribution in [0.15, 0.2) is 47.2 Å². The van der Waals surface area contributed by atoms with Crippen LogP contribution in [0.2, 0.25) is 0 Å². The molecule has 3 aromatic rings. The number of amides is 1. The van der Waals surface area contributed by atoms with Crippen LogP contribution in [0.4, 0.5) is 0 Å². The molecule has 1 amide bonds. The molecule has 0 spiro atoms. The summed E-state index contributed by atoms with van der Waals surface area (Å²) in [5.41, 5.74) is 0.115. The normalized spacial score (nSPS) is 23.2. The Morgan fingerprint density at radius 1 is 1.13 bits per heavy atom. The van der Waals surface area contributed by atoms with E-state index in [-0.39, 0.29) is 24.2 Å². The van der Waals surface area contributed by atoms with E-state index in [0.717, 1.165) is 18.7 Å². The fourth-order valence-corrected chi connectivity index (χ4v) is 6.12. The first-order valence-corrected chi connectivity index (χ1v) is 13.2. The number of nitrogens with zero attached hydrogens (tertiary/aromatic N) is 5. The van der Waals surface area contributed by atoms with Gasteiger partial charge in [-0.3, -0.25) is 9.78 Å². The highest BCUT2D eigenvalue weighted by atomic mass is 16.5. The molecule has 2 saturated heterocycles. The highest BCUT2D eigenvalue weighted by Crippen LogP contribution is 2.50. The Morgan fingerprint density at radius 3 is 2.47 bits per heavy atom. The van der Waals surface area contributed by atoms with Gasteiger partial charge in [-0.15, -0.1) is 0 Å². The Labute approximate surface area is 223 Å². The third-order valence-corrected chi connectivity index (χ3v) is 8.26. The summed E-state index contributed by atoms with van der Waals surface area (Å²) in [5, 5.41) is 27.8. The van der Waals surface area contributed by atoms with Crippen LogP contribution in [0.3, 0.4) is 0 Å². The van der Waals surface area contributed by atoms with Crippen LogP contribution in [0.5, 0.6) is 0 Å². The van der Waals surface area contributed by atoms with Gasteiger partial charge in [0.05, 0.1) is 6.54 Å². The Morgan fingerprint density at radius 2 is 1.84 bits per heavy atom. The van der Waals surface area contributed by atoms with Gasteiger partial charge in [-0.1, -0.05) is 50.2 Å². The number of carbonyl (C=O) groups is 1. The zero-order chi connectivity index (χ0) is 27.3. The van der Waals surface area contributed by atoms with Crippen LogP contribution in [-0.4, -0.2) is 74.3 Å². The Kier molecular flexibility index (Phi) is 6.65. The van der Waals surface area contributed by atoms with Crippen LogP contribution in [-0.2, 0) is 16.0 Å². The molecule has 9 nitrogen and oxygen atoms in total. The number of pyridine rings is 1. The SMILES string of the molecule is CC(=O)N1CCCC(O)(c2nc(-c3cncc(C(O)(c4ccc(C(C)C)cc4)C4(C)CN(C)C4)c3)no2)C1. The van der Waals surface area contributed by atoms with Crippen molar-refractivity contribution in [2.24, 2.45) is 5.41 Å². The van der Waals surface area contributed by atoms with Crippen molar-refractivity contribution in [3.63, 3.8) is 0 Å². The summed E-state index contributed by atoms with van der Waals surface area (Å²) in [7, 11) is 2.04. The second-order valence-corrected chi connectivity index (χ2v) is 11.7. The fourth-order valence-electron chi connectivity index (χ4n) is 6.12. The summed E-state index contributed by atoms with van der Waals surface area (Å²) in [6.45, 7) is 10.0. The Bertz CT molecular complexity index is 1320. The van der Waals surface area contributed by atoms with Gasteiger partial charge in [0.2, 0.25) is 11.7 Å². The Hall–Kier alpha value is -3.14. The highest BCUT2D eigenvalue weighted by molar-refractivity contribution is 5.73. The zero-order valence-corrected chi connectivity index (χ0v) is 22.8. The fraction of sp³-hybridized carbons (Fsp3) is 0.517. The third-order valence-electron chi connectivity index (χ3n) is 8.26. The van der Waals surface area contributed by atoms with Crippen molar-refractivity contribution >= 4 is 5.91 Å². The second kappa shape index (κ2) is 9.55. The maximum Gasteiger partial charge on any atom is 0.260 e. The molecule has 38 heavy (non-hydrogen) atoms. The van der Waals surface area contributed by atoms with Gasteiger partial charge >= 0.3 is 0 Å². The lowest BCUT2D eigenvalue weighted by atomic mass is 9.62. The number of likely N-dealkylation sites (tertiary alicyclic amines) is 2. The number of β-amino-alcohol motifs (C(OH)–C–C–N with tert-alkyl or cyclic N) is 1. The summed E-state index contributed by atoms with van der Waals surface area (Å²) in [6.07, 6.45) is 4.39. The summed E-state index contributed by atoms with van der Waals surface area (Å²) < 4.78 is 5.50. The van der Waals surface area contributed by atoms with E-state index in [0.29, 0.717) is 36.4 Å². The lowest BCUT2D eigenvalue weighted by molar-refractivity contribution is -0.138. The molecule has 0 bridgehead atoms. The molecular formula is C29H37N5O4. The van der Waals surface area contributed by atoms with E-state index in [9.17, 15) is 15.0 Å². The molecule has 2 aliphatic rings. The number of aromatic nitrogens is 3. The predicted molar refractivity (Wildman–Crippen MR) is 142 cm³/mol. The second-order valence-electron chi connectivity index (χ2n) is 11.7. The first kappa shape index (κ1) is 26.5. The standard InChI is InChI=1S/C29H37N5O4/c1-19(2)21-7-9-23(10-8-21)29(37,27(4)16-33(5)17-27)24-13-22(14-30-15-24)25-31-26(38-32-25)28(36)11-6-12-34(18-28)20(3)35/h7-10,13-15,19,36-37H,6,11-12,16-18H2,1-5H3. The molecule has 9 heteroatoms. The van der Waals surface area contributed by atoms with Gasteiger partial charge in [-0.05, 0) is 43.0 Å². The van der Waals surface area contributed by atoms with Crippen LogP contribution >= 0.6 is 0 Å². The molecule has 2 unspecified atom stereocenters. The first-order chi connectivity index (χ1) is 17.9. The number of hydrogen-bond acceptors (Lipinski definition) is 8. The van der Waals surface area contributed by atoms with E-state index < -0.39 is 16.6 Å². The van der Waals surface area contributed by atoms with Crippen molar-refractivity contribution in [2.45, 2.75) is 57.7 Å². The smallest absolute Gasteiger partial charge is 0.260 e. The van der Waals surface area contributed by atoms with Gasteiger partial charge in [-0.25, -0.2) is 0 Å². The lowest BCUT2D eigenvalue weighted by Crippen LogP contribution is -2.63. The van der Waals surface area contributed by atoms with E-state index in [1.165, 1.54) is 12.5 Å². The van der Waals surface area contributed by atoms with Crippen molar-refractivity contribution < 1.29 is 19.5 Å². The van der Waals surface area contributed by atoms with Gasteiger partial charge in [0, 0.05) is 55.5 Å². The van der Waals surface area contributed by atoms with Gasteiger partial charge in [-0.2, -0.15) is 4.98 Å². The third kappa shape index (κ3) is 4.42. The topological polar surface area (TPSA) is 116 Å². The number of hydrogen-bond donors (Lipinski definition) is 2. The average molecular weight is 520 g/mol. The molecule has 2 aliphatic heterocycles. The maximum absolute atomic E-state index is 12.5. The molecule has 1 aromatic carbocycles. The number of carbonyl (C=O) groups excluding carboxylic acids is 1. The molecule has 0 radical (unpaired) electrons. The van der Waals surface area contributed by atoms with E-state index in [1.807, 2.05) is 25.2 Å². The van der Waals surface area contributed by atoms with Gasteiger partial charge in [0.15, 0.2) is 5.60 Å². The molecule has 202 valence electrons. The summed E-state index contributed by atoms with van der Waals surface area (Å²) in [5.74, 6) is 0.643. The molecule has 0 saturated carbocycles. The monoisotopic (exact) mass is 519 g/mol. The molecule has 4 heterocycles. The minimum atomic E-state index is -1.40. The Balaban J connectivity index is 1.51. The van der Waals surface area contributed by atoms with Crippen LogP contribution in [0, 0.1) is 5.41 Å². The van der Waals surface area contributed by atoms with Crippen molar-refractivity contribution in [3.05, 3.63) is 65.3 Å². The van der Waals surface area contributed by atoms with Crippen molar-refractivity contribution in [3.8, 4) is 11.4 Å². The summed E-state index contributed by atoms with van der Waals surface area (Å²) in [6, 6.07) is 10.0. The van der Waals surface area contributed by atoms with Crippen molar-refractivity contribution in [2.75, 3.05) is 33.2 Å². The largest absolute Gasteiger partial charge is 0.380 e. The molecule has 5 rings (SSSR count). The minimum absolute atomic E-state index is 0.0796. The first-order valence-electron chi connectivity index (χ1n) is 13.2. The van der Waals surface area contributed by atoms with Gasteiger partial charge < -0.3 is 24.5 Å². The molecule has 2 atom stereocenters. The van der Waals surface area contributed by atoms with Crippen LogP contribution < -0.4 is 0 Å². The molecule has 2 fully saturated rings. The lowest BCUT2D eigenvalue weighted by Gasteiger charge is -2.55. The van der Waals surface area contributed by atoms with Crippen LogP contribution in [0.25, 0.3) is 11.4 Å². The van der Waals surface area contributed by atoms with Crippen molar-refractivity contribution in [1.82, 2.24) is 24.9 Å². The molecule has 0 aliphatic carbocycles. The number of aliphatic hydroxyl groups is 2.